The summed E-state index contributed by atoms with van der Waals surface area (Å²) in [6, 6.07) is -0.301. The smallest absolute Gasteiger partial charge is 0.234 e. The van der Waals surface area contributed by atoms with Gasteiger partial charge in [-0.3, -0.25) is 14.4 Å². The van der Waals surface area contributed by atoms with Gasteiger partial charge in [-0.25, -0.2) is 0 Å². The summed E-state index contributed by atoms with van der Waals surface area (Å²) in [5.74, 6) is -0.0419. The monoisotopic (exact) mass is 302 g/mol. The average Bonchev–Trinajstić information content (AvgIpc) is 2.39. The Labute approximate surface area is 125 Å². The first-order valence-electron chi connectivity index (χ1n) is 7.04. The number of ether oxygens (including phenoxy) is 2. The van der Waals surface area contributed by atoms with E-state index in [0.29, 0.717) is 26.1 Å². The van der Waals surface area contributed by atoms with E-state index in [0.717, 1.165) is 0 Å². The third kappa shape index (κ3) is 13.4. The van der Waals surface area contributed by atoms with Crippen molar-refractivity contribution in [3.8, 4) is 0 Å². The quantitative estimate of drug-likeness (QED) is 0.453. The number of rotatable bonds is 13. The average molecular weight is 302 g/mol. The summed E-state index contributed by atoms with van der Waals surface area (Å²) in [5, 5.41) is 5.53. The van der Waals surface area contributed by atoms with E-state index in [2.05, 4.69) is 10.6 Å². The number of amides is 1. The van der Waals surface area contributed by atoms with Gasteiger partial charge in [-0.1, -0.05) is 0 Å². The second kappa shape index (κ2) is 12.4. The van der Waals surface area contributed by atoms with Crippen LogP contribution in [0.3, 0.4) is 0 Å². The van der Waals surface area contributed by atoms with E-state index in [9.17, 15) is 14.4 Å². The first kappa shape index (κ1) is 19.7. The molecule has 0 aliphatic carbocycles. The van der Waals surface area contributed by atoms with E-state index < -0.39 is 0 Å². The Balaban J connectivity index is 4.04. The van der Waals surface area contributed by atoms with Crippen molar-refractivity contribution in [2.45, 2.75) is 32.7 Å². The van der Waals surface area contributed by atoms with Crippen molar-refractivity contribution in [1.82, 2.24) is 10.6 Å². The van der Waals surface area contributed by atoms with Crippen molar-refractivity contribution in [3.63, 3.8) is 0 Å². The summed E-state index contributed by atoms with van der Waals surface area (Å²) in [7, 11) is 1.68. The molecule has 21 heavy (non-hydrogen) atoms. The topological polar surface area (TPSA) is 93.7 Å². The molecule has 2 N–H and O–H groups in total. The number of Topliss-reactive ketones (excluding diaryl/α,β-unsaturated/α-hetero) is 2. The molecule has 0 aliphatic rings. The maximum atomic E-state index is 11.5. The summed E-state index contributed by atoms with van der Waals surface area (Å²) >= 11 is 0. The number of carbonyl (C=O) groups is 3. The first-order valence-corrected chi connectivity index (χ1v) is 7.04. The zero-order valence-electron chi connectivity index (χ0n) is 13.1. The predicted octanol–water partition coefficient (Wildman–Crippen LogP) is -0.318. The number of carbonyl (C=O) groups excluding carboxylic acids is 3. The molecule has 1 amide bonds. The van der Waals surface area contributed by atoms with E-state index in [1.165, 1.54) is 13.8 Å². The van der Waals surface area contributed by atoms with Crippen molar-refractivity contribution in [1.29, 1.82) is 0 Å². The Bertz CT molecular complexity index is 311. The van der Waals surface area contributed by atoms with E-state index in [4.69, 9.17) is 9.47 Å². The van der Waals surface area contributed by atoms with Gasteiger partial charge in [0.2, 0.25) is 5.91 Å². The molecule has 0 spiro atoms. The fourth-order valence-electron chi connectivity index (χ4n) is 1.45. The lowest BCUT2D eigenvalue weighted by atomic mass is 10.3. The molecule has 0 aromatic carbocycles. The lowest BCUT2D eigenvalue weighted by Crippen LogP contribution is -2.44. The van der Waals surface area contributed by atoms with Crippen molar-refractivity contribution >= 4 is 17.5 Å². The summed E-state index contributed by atoms with van der Waals surface area (Å²) < 4.78 is 10.7. The van der Waals surface area contributed by atoms with Crippen LogP contribution < -0.4 is 10.6 Å². The third-order valence-corrected chi connectivity index (χ3v) is 2.54. The SMILES string of the molecule is CNCC(=O)NC(COCCC(C)=O)COCCC(C)=O. The minimum atomic E-state index is -0.301. The van der Waals surface area contributed by atoms with Gasteiger partial charge in [-0.15, -0.1) is 0 Å². The van der Waals surface area contributed by atoms with Crippen LogP contribution in [0.5, 0.6) is 0 Å². The molecule has 0 aliphatic heterocycles. The van der Waals surface area contributed by atoms with Crippen molar-refractivity contribution in [2.75, 3.05) is 40.0 Å². The lowest BCUT2D eigenvalue weighted by molar-refractivity contribution is -0.123. The van der Waals surface area contributed by atoms with Gasteiger partial charge in [0, 0.05) is 12.8 Å². The molecule has 0 saturated heterocycles. The Morgan fingerprint density at radius 2 is 1.43 bits per heavy atom. The molecule has 122 valence electrons. The van der Waals surface area contributed by atoms with Crippen LogP contribution >= 0.6 is 0 Å². The zero-order valence-corrected chi connectivity index (χ0v) is 13.1. The van der Waals surface area contributed by atoms with Gasteiger partial charge in [0.1, 0.15) is 11.6 Å². The molecule has 0 heterocycles. The van der Waals surface area contributed by atoms with Crippen LogP contribution in [0.1, 0.15) is 26.7 Å². The summed E-state index contributed by atoms with van der Waals surface area (Å²) in [6.45, 7) is 4.38. The number of likely N-dealkylation sites (N-methyl/N-ethyl adjacent to an activating group) is 1. The molecule has 0 aromatic rings. The fraction of sp³-hybridized carbons (Fsp3) is 0.786. The van der Waals surface area contributed by atoms with Crippen LogP contribution in [0.25, 0.3) is 0 Å². The highest BCUT2D eigenvalue weighted by atomic mass is 16.5. The normalized spacial score (nSPS) is 10.7. The largest absolute Gasteiger partial charge is 0.379 e. The summed E-state index contributed by atoms with van der Waals surface area (Å²) in [5.41, 5.74) is 0. The van der Waals surface area contributed by atoms with Gasteiger partial charge in [0.15, 0.2) is 0 Å². The predicted molar refractivity (Wildman–Crippen MR) is 78.1 cm³/mol. The Kier molecular flexibility index (Phi) is 11.7. The van der Waals surface area contributed by atoms with Crippen LogP contribution in [-0.4, -0.2) is 63.5 Å². The van der Waals surface area contributed by atoms with E-state index in [1.54, 1.807) is 7.05 Å². The Morgan fingerprint density at radius 1 is 0.952 bits per heavy atom. The highest BCUT2D eigenvalue weighted by Crippen LogP contribution is 1.93. The number of hydrogen-bond acceptors (Lipinski definition) is 6. The highest BCUT2D eigenvalue weighted by Gasteiger charge is 2.13. The second-order valence-electron chi connectivity index (χ2n) is 4.85. The van der Waals surface area contributed by atoms with E-state index in [-0.39, 0.29) is 43.3 Å². The van der Waals surface area contributed by atoms with Crippen LogP contribution in [-0.2, 0) is 23.9 Å². The summed E-state index contributed by atoms with van der Waals surface area (Å²) in [4.78, 5) is 33.2. The van der Waals surface area contributed by atoms with E-state index in [1.807, 2.05) is 0 Å². The Hall–Kier alpha value is -1.31. The molecular formula is C14H26N2O5. The second-order valence-corrected chi connectivity index (χ2v) is 4.85. The minimum Gasteiger partial charge on any atom is -0.379 e. The number of hydrogen-bond donors (Lipinski definition) is 2. The molecule has 0 radical (unpaired) electrons. The minimum absolute atomic E-state index is 0.0588. The van der Waals surface area contributed by atoms with Gasteiger partial charge in [-0.05, 0) is 20.9 Å². The van der Waals surface area contributed by atoms with Gasteiger partial charge in [0.05, 0.1) is 39.0 Å². The molecule has 0 fully saturated rings. The maximum Gasteiger partial charge on any atom is 0.234 e. The molecule has 0 rings (SSSR count). The van der Waals surface area contributed by atoms with Gasteiger partial charge in [-0.2, -0.15) is 0 Å². The highest BCUT2D eigenvalue weighted by molar-refractivity contribution is 5.78. The van der Waals surface area contributed by atoms with Crippen molar-refractivity contribution in [3.05, 3.63) is 0 Å². The lowest BCUT2D eigenvalue weighted by Gasteiger charge is -2.19. The molecule has 0 atom stereocenters. The van der Waals surface area contributed by atoms with Gasteiger partial charge >= 0.3 is 0 Å². The Morgan fingerprint density at radius 3 is 1.81 bits per heavy atom. The van der Waals surface area contributed by atoms with E-state index >= 15 is 0 Å². The molecule has 7 heteroatoms. The molecule has 0 saturated carbocycles. The van der Waals surface area contributed by atoms with Crippen LogP contribution in [0.4, 0.5) is 0 Å². The van der Waals surface area contributed by atoms with Gasteiger partial charge < -0.3 is 20.1 Å². The van der Waals surface area contributed by atoms with Crippen LogP contribution in [0.2, 0.25) is 0 Å². The first-order chi connectivity index (χ1) is 9.95. The number of nitrogens with one attached hydrogen (secondary N) is 2. The van der Waals surface area contributed by atoms with Crippen molar-refractivity contribution < 1.29 is 23.9 Å². The van der Waals surface area contributed by atoms with Gasteiger partial charge in [0.25, 0.3) is 0 Å². The molecule has 7 nitrogen and oxygen atoms in total. The standard InChI is InChI=1S/C14H26N2O5/c1-11(17)4-6-20-9-13(16-14(19)8-15-3)10-21-7-5-12(2)18/h13,15H,4-10H2,1-3H3,(H,16,19). The maximum absolute atomic E-state index is 11.5. The van der Waals surface area contributed by atoms with Crippen LogP contribution in [0.15, 0.2) is 0 Å². The molecular weight excluding hydrogens is 276 g/mol. The van der Waals surface area contributed by atoms with Crippen LogP contribution in [0, 0.1) is 0 Å². The fourth-order valence-corrected chi connectivity index (χ4v) is 1.45. The number of ketones is 2. The molecule has 0 unspecified atom stereocenters. The third-order valence-electron chi connectivity index (χ3n) is 2.54. The molecule has 0 aromatic heterocycles. The molecule has 0 bridgehead atoms. The zero-order chi connectivity index (χ0) is 16.1. The summed E-state index contributed by atoms with van der Waals surface area (Å²) in [6.07, 6.45) is 0.699. The van der Waals surface area contributed by atoms with Crippen molar-refractivity contribution in [2.24, 2.45) is 0 Å².